The number of aromatic nitrogens is 2. The highest BCUT2D eigenvalue weighted by atomic mass is 14.9. The molecule has 0 unspecified atom stereocenters. The van der Waals surface area contributed by atoms with E-state index in [9.17, 15) is 0 Å². The summed E-state index contributed by atoms with van der Waals surface area (Å²) in [6.07, 6.45) is 8.47. The van der Waals surface area contributed by atoms with Gasteiger partial charge in [-0.05, 0) is 152 Å². The summed E-state index contributed by atoms with van der Waals surface area (Å²) in [5, 5.41) is 2.39. The Morgan fingerprint density at radius 1 is 0.348 bits per heavy atom. The number of hydrogen-bond acceptors (Lipinski definition) is 2. The molecular formula is C67H52N2. The molecular weight excluding hydrogens is 833 g/mol. The predicted octanol–water partition coefficient (Wildman–Crippen LogP) is 16.8. The molecule has 4 fully saturated rings. The second-order valence-electron chi connectivity index (χ2n) is 20.7. The van der Waals surface area contributed by atoms with E-state index in [1.165, 1.54) is 99.4 Å². The van der Waals surface area contributed by atoms with Gasteiger partial charge in [-0.25, -0.2) is 9.97 Å². The van der Waals surface area contributed by atoms with Gasteiger partial charge < -0.3 is 0 Å². The lowest BCUT2D eigenvalue weighted by Gasteiger charge is -2.57. The van der Waals surface area contributed by atoms with Crippen LogP contribution in [0.15, 0.2) is 224 Å². The molecule has 4 bridgehead atoms. The maximum absolute atomic E-state index is 5.60. The Morgan fingerprint density at radius 2 is 0.870 bits per heavy atom. The summed E-state index contributed by atoms with van der Waals surface area (Å²) in [5.41, 5.74) is 18.5. The van der Waals surface area contributed by atoms with Gasteiger partial charge in [0.25, 0.3) is 0 Å². The maximum atomic E-state index is 5.60. The summed E-state index contributed by atoms with van der Waals surface area (Å²) in [7, 11) is 0. The largest absolute Gasteiger partial charge is 0.228 e. The SMILES string of the molecule is c1ccc(-c2cccc(-c3cc(-c4ccc5ccccc5c4)nc(-c4cccc5c4-c4cccc(-c6ccc(C78CC9CC(CC(C9)C7)C8)cc6)c4C5(c4ccccc4)c4ccccc4)n3)c2)cc1. The van der Waals surface area contributed by atoms with Gasteiger partial charge in [-0.15, -0.1) is 0 Å². The van der Waals surface area contributed by atoms with E-state index in [-0.39, 0.29) is 0 Å². The molecule has 69 heavy (non-hydrogen) atoms. The lowest BCUT2D eigenvalue weighted by Crippen LogP contribution is -2.48. The van der Waals surface area contributed by atoms with Crippen LogP contribution in [-0.2, 0) is 10.8 Å². The fourth-order valence-electron chi connectivity index (χ4n) is 14.2. The Morgan fingerprint density at radius 3 is 1.55 bits per heavy atom. The fraction of sp³-hybridized carbons (Fsp3) is 0.164. The quantitative estimate of drug-likeness (QED) is 0.152. The van der Waals surface area contributed by atoms with E-state index in [0.29, 0.717) is 11.2 Å². The van der Waals surface area contributed by atoms with Crippen molar-refractivity contribution in [3.8, 4) is 67.3 Å². The normalized spacial score (nSPS) is 20.4. The lowest BCUT2D eigenvalue weighted by molar-refractivity contribution is -0.00518. The summed E-state index contributed by atoms with van der Waals surface area (Å²) in [5.74, 6) is 3.44. The van der Waals surface area contributed by atoms with Crippen LogP contribution in [-0.4, -0.2) is 9.97 Å². The van der Waals surface area contributed by atoms with Crippen LogP contribution in [0.1, 0.15) is 66.3 Å². The average Bonchev–Trinajstić information content (AvgIpc) is 3.73. The molecule has 5 aliphatic rings. The minimum atomic E-state index is -0.624. The Balaban J connectivity index is 1.000. The molecule has 0 spiro atoms. The van der Waals surface area contributed by atoms with Gasteiger partial charge in [0.2, 0.25) is 0 Å². The van der Waals surface area contributed by atoms with Crippen molar-refractivity contribution >= 4 is 10.8 Å². The van der Waals surface area contributed by atoms with Gasteiger partial charge in [-0.2, -0.15) is 0 Å². The first-order valence-electron chi connectivity index (χ1n) is 25.1. The summed E-state index contributed by atoms with van der Waals surface area (Å²) in [4.78, 5) is 11.2. The second kappa shape index (κ2) is 16.0. The standard InChI is InChI=1S/C67H52N2/c1-4-15-47(16-5-1)51-19-12-20-52(38-51)61-40-62(53-30-29-48-17-10-11-18-50(48)39-53)69-65(68-61)59-27-14-28-60-63(59)58-26-13-25-57(64(58)67(60,55-21-6-2-7-22-55)56-23-8-3-9-24-56)49-31-33-54(34-32-49)66-41-44-35-45(42-66)37-46(36-44)43-66/h1-34,38-40,44-46H,35-37,41-43H2. The Hall–Kier alpha value is -7.68. The van der Waals surface area contributed by atoms with Gasteiger partial charge in [0.1, 0.15) is 0 Å². The highest BCUT2D eigenvalue weighted by Crippen LogP contribution is 2.62. The van der Waals surface area contributed by atoms with Gasteiger partial charge in [0.15, 0.2) is 5.82 Å². The van der Waals surface area contributed by atoms with Gasteiger partial charge in [0.05, 0.1) is 16.8 Å². The zero-order valence-electron chi connectivity index (χ0n) is 38.7. The van der Waals surface area contributed by atoms with Crippen LogP contribution in [0, 0.1) is 17.8 Å². The lowest BCUT2D eigenvalue weighted by atomic mass is 9.48. The van der Waals surface area contributed by atoms with Crippen LogP contribution in [0.2, 0.25) is 0 Å². The molecule has 0 aliphatic heterocycles. The molecule has 10 aromatic rings. The first kappa shape index (κ1) is 40.4. The molecule has 9 aromatic carbocycles. The number of rotatable bonds is 8. The Labute approximate surface area is 405 Å². The van der Waals surface area contributed by atoms with Crippen LogP contribution in [0.5, 0.6) is 0 Å². The van der Waals surface area contributed by atoms with Crippen LogP contribution in [0.25, 0.3) is 78.1 Å². The van der Waals surface area contributed by atoms with Crippen molar-refractivity contribution in [3.05, 3.63) is 252 Å². The van der Waals surface area contributed by atoms with Crippen LogP contribution >= 0.6 is 0 Å². The molecule has 330 valence electrons. The number of hydrogen-bond donors (Lipinski definition) is 0. The van der Waals surface area contributed by atoms with Crippen molar-refractivity contribution in [1.29, 1.82) is 0 Å². The molecule has 4 saturated carbocycles. The van der Waals surface area contributed by atoms with Crippen molar-refractivity contribution in [2.75, 3.05) is 0 Å². The number of nitrogens with zero attached hydrogens (tertiary/aromatic N) is 2. The van der Waals surface area contributed by atoms with E-state index < -0.39 is 5.41 Å². The average molecular weight is 885 g/mol. The number of benzene rings is 9. The molecule has 0 saturated heterocycles. The van der Waals surface area contributed by atoms with E-state index in [1.807, 2.05) is 0 Å². The van der Waals surface area contributed by atoms with E-state index in [4.69, 9.17) is 9.97 Å². The minimum Gasteiger partial charge on any atom is -0.228 e. The van der Waals surface area contributed by atoms with Crippen LogP contribution < -0.4 is 0 Å². The fourth-order valence-corrected chi connectivity index (χ4v) is 14.2. The highest BCUT2D eigenvalue weighted by Gasteiger charge is 2.52. The van der Waals surface area contributed by atoms with Crippen LogP contribution in [0.3, 0.4) is 0 Å². The van der Waals surface area contributed by atoms with Gasteiger partial charge in [0, 0.05) is 16.7 Å². The van der Waals surface area contributed by atoms with Gasteiger partial charge in [-0.1, -0.05) is 206 Å². The third-order valence-corrected chi connectivity index (χ3v) is 16.7. The highest BCUT2D eigenvalue weighted by molar-refractivity contribution is 5.98. The topological polar surface area (TPSA) is 25.8 Å². The third-order valence-electron chi connectivity index (χ3n) is 16.7. The monoisotopic (exact) mass is 884 g/mol. The van der Waals surface area contributed by atoms with E-state index in [0.717, 1.165) is 51.4 Å². The summed E-state index contributed by atoms with van der Waals surface area (Å²) >= 11 is 0. The molecule has 0 amide bonds. The van der Waals surface area contributed by atoms with Crippen molar-refractivity contribution in [1.82, 2.24) is 9.97 Å². The van der Waals surface area contributed by atoms with Gasteiger partial charge >= 0.3 is 0 Å². The Kier molecular flexibility index (Phi) is 9.34. The smallest absolute Gasteiger partial charge is 0.161 e. The third kappa shape index (κ3) is 6.53. The maximum Gasteiger partial charge on any atom is 0.161 e. The summed E-state index contributed by atoms with van der Waals surface area (Å²) < 4.78 is 0. The van der Waals surface area contributed by atoms with Gasteiger partial charge in [-0.3, -0.25) is 0 Å². The molecule has 2 nitrogen and oxygen atoms in total. The zero-order valence-corrected chi connectivity index (χ0v) is 38.7. The van der Waals surface area contributed by atoms with Crippen LogP contribution in [0.4, 0.5) is 0 Å². The van der Waals surface area contributed by atoms with E-state index >= 15 is 0 Å². The zero-order chi connectivity index (χ0) is 45.5. The van der Waals surface area contributed by atoms with Crippen molar-refractivity contribution in [2.24, 2.45) is 17.8 Å². The summed E-state index contributed by atoms with van der Waals surface area (Å²) in [6, 6.07) is 83.1. The van der Waals surface area contributed by atoms with Crippen molar-refractivity contribution in [3.63, 3.8) is 0 Å². The molecule has 1 heterocycles. The summed E-state index contributed by atoms with van der Waals surface area (Å²) in [6.45, 7) is 0. The van der Waals surface area contributed by atoms with Crippen molar-refractivity contribution < 1.29 is 0 Å². The molecule has 0 atom stereocenters. The molecule has 5 aliphatic carbocycles. The predicted molar refractivity (Wildman–Crippen MR) is 284 cm³/mol. The minimum absolute atomic E-state index is 0.345. The number of fused-ring (bicyclic) bond motifs is 4. The molecule has 0 N–H and O–H groups in total. The molecule has 15 rings (SSSR count). The second-order valence-corrected chi connectivity index (χ2v) is 20.7. The first-order valence-corrected chi connectivity index (χ1v) is 25.1. The molecule has 2 heteroatoms. The van der Waals surface area contributed by atoms with E-state index in [2.05, 4.69) is 224 Å². The Bertz CT molecular complexity index is 3500. The first-order chi connectivity index (χ1) is 34.1. The van der Waals surface area contributed by atoms with Crippen molar-refractivity contribution in [2.45, 2.75) is 49.4 Å². The van der Waals surface area contributed by atoms with E-state index in [1.54, 1.807) is 5.56 Å². The molecule has 0 radical (unpaired) electrons. The molecule has 1 aromatic heterocycles.